The number of guanidine groups is 1. The van der Waals surface area contributed by atoms with E-state index >= 15 is 0 Å². The number of nitrogens with zero attached hydrogens (tertiary/aromatic N) is 3. The summed E-state index contributed by atoms with van der Waals surface area (Å²) in [5.74, 6) is 0.611. The summed E-state index contributed by atoms with van der Waals surface area (Å²) >= 11 is 0. The minimum atomic E-state index is -0.192. The highest BCUT2D eigenvalue weighted by Crippen LogP contribution is 2.16. The van der Waals surface area contributed by atoms with Crippen LogP contribution in [0.15, 0.2) is 53.7 Å². The maximum atomic E-state index is 13.8. The molecule has 0 saturated heterocycles. The van der Waals surface area contributed by atoms with Gasteiger partial charge in [0.2, 0.25) is 0 Å². The monoisotopic (exact) mass is 357 g/mol. The summed E-state index contributed by atoms with van der Waals surface area (Å²) in [4.78, 5) is 10.8. The van der Waals surface area contributed by atoms with Gasteiger partial charge in [-0.15, -0.1) is 0 Å². The van der Waals surface area contributed by atoms with Crippen LogP contribution in [0.25, 0.3) is 0 Å². The maximum absolute atomic E-state index is 13.8. The Labute approximate surface area is 155 Å². The lowest BCUT2D eigenvalue weighted by molar-refractivity contribution is 0.620. The van der Waals surface area contributed by atoms with Crippen molar-refractivity contribution in [3.8, 4) is 0 Å². The van der Waals surface area contributed by atoms with Gasteiger partial charge in [0.05, 0.1) is 5.69 Å². The average molecular weight is 357 g/mol. The van der Waals surface area contributed by atoms with Gasteiger partial charge in [0, 0.05) is 51.5 Å². The number of aromatic nitrogens is 1. The van der Waals surface area contributed by atoms with E-state index in [1.54, 1.807) is 18.3 Å². The van der Waals surface area contributed by atoms with Gasteiger partial charge in [-0.1, -0.05) is 18.2 Å². The third-order valence-electron chi connectivity index (χ3n) is 3.93. The van der Waals surface area contributed by atoms with E-state index in [0.29, 0.717) is 12.2 Å². The zero-order chi connectivity index (χ0) is 18.6. The van der Waals surface area contributed by atoms with Crippen LogP contribution < -0.4 is 15.5 Å². The molecule has 6 heteroatoms. The Bertz CT molecular complexity index is 675. The largest absolute Gasteiger partial charge is 0.372 e. The van der Waals surface area contributed by atoms with E-state index < -0.39 is 0 Å². The third-order valence-corrected chi connectivity index (χ3v) is 3.93. The van der Waals surface area contributed by atoms with Gasteiger partial charge in [0.1, 0.15) is 5.82 Å². The minimum Gasteiger partial charge on any atom is -0.372 e. The second-order valence-electron chi connectivity index (χ2n) is 5.99. The van der Waals surface area contributed by atoms with Crippen LogP contribution in [0.4, 0.5) is 10.1 Å². The molecule has 2 rings (SSSR count). The standard InChI is InChI=1S/C20H28FN5/c1-3-22-20(25-15-12-17-9-6-7-13-23-17)24-14-8-16-26(2)19-11-5-4-10-18(19)21/h4-7,9-11,13H,3,8,12,14-16H2,1-2H3,(H2,22,24,25). The van der Waals surface area contributed by atoms with Crippen LogP contribution >= 0.6 is 0 Å². The Hall–Kier alpha value is -2.63. The molecule has 0 bridgehead atoms. The maximum Gasteiger partial charge on any atom is 0.191 e. The fourth-order valence-electron chi connectivity index (χ4n) is 2.58. The van der Waals surface area contributed by atoms with E-state index in [1.807, 2.05) is 43.1 Å². The van der Waals surface area contributed by atoms with Crippen molar-refractivity contribution in [1.82, 2.24) is 15.6 Å². The van der Waals surface area contributed by atoms with E-state index in [9.17, 15) is 4.39 Å². The molecule has 2 aromatic rings. The van der Waals surface area contributed by atoms with Crippen molar-refractivity contribution in [3.05, 3.63) is 60.2 Å². The number of hydrogen-bond donors (Lipinski definition) is 2. The smallest absolute Gasteiger partial charge is 0.191 e. The number of hydrogen-bond acceptors (Lipinski definition) is 3. The second kappa shape index (κ2) is 11.1. The van der Waals surface area contributed by atoms with Gasteiger partial charge in [-0.3, -0.25) is 9.98 Å². The molecule has 1 heterocycles. The summed E-state index contributed by atoms with van der Waals surface area (Å²) < 4.78 is 13.8. The van der Waals surface area contributed by atoms with Crippen molar-refractivity contribution in [1.29, 1.82) is 0 Å². The second-order valence-corrected chi connectivity index (χ2v) is 5.99. The highest BCUT2D eigenvalue weighted by atomic mass is 19.1. The SMILES string of the molecule is CCNC(=NCCCN(C)c1ccccc1F)NCCc1ccccn1. The molecule has 0 saturated carbocycles. The topological polar surface area (TPSA) is 52.6 Å². The summed E-state index contributed by atoms with van der Waals surface area (Å²) in [6, 6.07) is 12.8. The third kappa shape index (κ3) is 6.70. The number of pyridine rings is 1. The number of para-hydroxylation sites is 1. The van der Waals surface area contributed by atoms with Crippen LogP contribution in [-0.2, 0) is 6.42 Å². The van der Waals surface area contributed by atoms with E-state index in [-0.39, 0.29) is 5.82 Å². The van der Waals surface area contributed by atoms with E-state index in [0.717, 1.165) is 44.1 Å². The lowest BCUT2D eigenvalue weighted by Crippen LogP contribution is -2.38. The summed E-state index contributed by atoms with van der Waals surface area (Å²) in [6.07, 6.45) is 3.50. The Kier molecular flexibility index (Phi) is 8.39. The van der Waals surface area contributed by atoms with E-state index in [4.69, 9.17) is 0 Å². The molecule has 0 radical (unpaired) electrons. The van der Waals surface area contributed by atoms with Gasteiger partial charge in [-0.05, 0) is 37.6 Å². The summed E-state index contributed by atoms with van der Waals surface area (Å²) in [5, 5.41) is 6.57. The zero-order valence-electron chi connectivity index (χ0n) is 15.6. The van der Waals surface area contributed by atoms with E-state index in [1.165, 1.54) is 6.07 Å². The van der Waals surface area contributed by atoms with Crippen LogP contribution in [0, 0.1) is 5.82 Å². The highest BCUT2D eigenvalue weighted by Gasteiger charge is 2.05. The molecule has 0 atom stereocenters. The van der Waals surface area contributed by atoms with Crippen LogP contribution in [0.1, 0.15) is 19.0 Å². The van der Waals surface area contributed by atoms with Gasteiger partial charge < -0.3 is 15.5 Å². The molecule has 5 nitrogen and oxygen atoms in total. The van der Waals surface area contributed by atoms with Crippen LogP contribution in [0.3, 0.4) is 0 Å². The summed E-state index contributed by atoms with van der Waals surface area (Å²) in [5.41, 5.74) is 1.68. The first-order valence-corrected chi connectivity index (χ1v) is 9.08. The quantitative estimate of drug-likeness (QED) is 0.412. The summed E-state index contributed by atoms with van der Waals surface area (Å²) in [6.45, 7) is 5.06. The van der Waals surface area contributed by atoms with Crippen molar-refractivity contribution in [2.24, 2.45) is 4.99 Å². The van der Waals surface area contributed by atoms with Gasteiger partial charge >= 0.3 is 0 Å². The van der Waals surface area contributed by atoms with Gasteiger partial charge in [0.25, 0.3) is 0 Å². The number of halogens is 1. The number of nitrogens with one attached hydrogen (secondary N) is 2. The molecule has 0 aliphatic rings. The first-order valence-electron chi connectivity index (χ1n) is 9.08. The molecule has 140 valence electrons. The Balaban J connectivity index is 1.74. The van der Waals surface area contributed by atoms with Gasteiger partial charge in [-0.25, -0.2) is 4.39 Å². The molecule has 0 fully saturated rings. The van der Waals surface area contributed by atoms with Crippen molar-refractivity contribution in [3.63, 3.8) is 0 Å². The molecular weight excluding hydrogens is 329 g/mol. The minimum absolute atomic E-state index is 0.192. The molecule has 2 N–H and O–H groups in total. The number of aliphatic imine (C=N–C) groups is 1. The summed E-state index contributed by atoms with van der Waals surface area (Å²) in [7, 11) is 1.90. The lowest BCUT2D eigenvalue weighted by Gasteiger charge is -2.19. The normalized spacial score (nSPS) is 11.3. The first kappa shape index (κ1) is 19.7. The molecule has 1 aromatic carbocycles. The lowest BCUT2D eigenvalue weighted by atomic mass is 10.2. The van der Waals surface area contributed by atoms with Crippen LogP contribution in [0.5, 0.6) is 0 Å². The number of anilines is 1. The highest BCUT2D eigenvalue weighted by molar-refractivity contribution is 5.79. The van der Waals surface area contributed by atoms with Crippen LogP contribution in [0.2, 0.25) is 0 Å². The van der Waals surface area contributed by atoms with Crippen molar-refractivity contribution >= 4 is 11.6 Å². The molecule has 0 spiro atoms. The molecular formula is C20H28FN5. The van der Waals surface area contributed by atoms with Crippen LogP contribution in [-0.4, -0.2) is 44.2 Å². The fourth-order valence-corrected chi connectivity index (χ4v) is 2.58. The predicted octanol–water partition coefficient (Wildman–Crippen LogP) is 2.84. The number of rotatable bonds is 9. The van der Waals surface area contributed by atoms with Crippen molar-refractivity contribution in [2.45, 2.75) is 19.8 Å². The van der Waals surface area contributed by atoms with Crippen molar-refractivity contribution < 1.29 is 4.39 Å². The van der Waals surface area contributed by atoms with E-state index in [2.05, 4.69) is 20.6 Å². The predicted molar refractivity (Wildman–Crippen MR) is 106 cm³/mol. The van der Waals surface area contributed by atoms with Gasteiger partial charge in [0.15, 0.2) is 5.96 Å². The zero-order valence-corrected chi connectivity index (χ0v) is 15.6. The Morgan fingerprint density at radius 3 is 2.69 bits per heavy atom. The number of benzene rings is 1. The molecule has 0 unspecified atom stereocenters. The fraction of sp³-hybridized carbons (Fsp3) is 0.400. The molecule has 1 aromatic heterocycles. The average Bonchev–Trinajstić information content (AvgIpc) is 2.66. The molecule has 0 amide bonds. The first-order chi connectivity index (χ1) is 12.7. The molecule has 26 heavy (non-hydrogen) atoms. The molecule has 0 aliphatic heterocycles. The Morgan fingerprint density at radius 2 is 1.96 bits per heavy atom. The molecule has 0 aliphatic carbocycles. The van der Waals surface area contributed by atoms with Crippen molar-refractivity contribution in [2.75, 3.05) is 38.1 Å². The van der Waals surface area contributed by atoms with Gasteiger partial charge in [-0.2, -0.15) is 0 Å². The Morgan fingerprint density at radius 1 is 1.15 bits per heavy atom.